The van der Waals surface area contributed by atoms with Gasteiger partial charge in [-0.3, -0.25) is 9.78 Å². The second kappa shape index (κ2) is 8.83. The van der Waals surface area contributed by atoms with Crippen molar-refractivity contribution in [3.63, 3.8) is 0 Å². The predicted molar refractivity (Wildman–Crippen MR) is 116 cm³/mol. The summed E-state index contributed by atoms with van der Waals surface area (Å²) in [6, 6.07) is 11.1. The third kappa shape index (κ3) is 4.20. The van der Waals surface area contributed by atoms with Gasteiger partial charge in [0, 0.05) is 24.5 Å². The fourth-order valence-electron chi connectivity index (χ4n) is 2.98. The minimum absolute atomic E-state index is 0.113. The Morgan fingerprint density at radius 2 is 2.00 bits per heavy atom. The van der Waals surface area contributed by atoms with Crippen molar-refractivity contribution in [3.05, 3.63) is 71.1 Å². The second-order valence-electron chi connectivity index (χ2n) is 6.51. The van der Waals surface area contributed by atoms with Crippen molar-refractivity contribution in [1.29, 1.82) is 0 Å². The molecular weight excluding hydrogens is 400 g/mol. The third-order valence-corrected chi connectivity index (χ3v) is 5.39. The Kier molecular flexibility index (Phi) is 5.80. The van der Waals surface area contributed by atoms with E-state index in [0.29, 0.717) is 17.5 Å². The molecule has 30 heavy (non-hydrogen) atoms. The maximum atomic E-state index is 12.9. The average molecular weight is 420 g/mol. The van der Waals surface area contributed by atoms with E-state index in [1.807, 2.05) is 42.6 Å². The molecule has 0 aliphatic rings. The summed E-state index contributed by atoms with van der Waals surface area (Å²) in [6.07, 6.45) is 3.38. The summed E-state index contributed by atoms with van der Waals surface area (Å²) in [5.41, 5.74) is 2.69. The monoisotopic (exact) mass is 420 g/mol. The molecule has 0 saturated carbocycles. The molecule has 0 fully saturated rings. The van der Waals surface area contributed by atoms with Crippen LogP contribution in [0.1, 0.15) is 34.7 Å². The molecule has 4 aromatic rings. The Balaban J connectivity index is 1.57. The van der Waals surface area contributed by atoms with E-state index < -0.39 is 0 Å². The fraction of sp³-hybridized carbons (Fsp3) is 0.190. The largest absolute Gasteiger partial charge is 0.481 e. The van der Waals surface area contributed by atoms with Crippen LogP contribution in [-0.4, -0.2) is 33.0 Å². The van der Waals surface area contributed by atoms with Crippen molar-refractivity contribution in [1.82, 2.24) is 25.3 Å². The van der Waals surface area contributed by atoms with Crippen molar-refractivity contribution < 1.29 is 9.53 Å². The minimum atomic E-state index is -0.288. The highest BCUT2D eigenvalue weighted by atomic mass is 32.1. The van der Waals surface area contributed by atoms with Crippen LogP contribution in [0.3, 0.4) is 0 Å². The zero-order valence-corrected chi connectivity index (χ0v) is 17.3. The minimum Gasteiger partial charge on any atom is -0.481 e. The second-order valence-corrected chi connectivity index (χ2v) is 7.42. The van der Waals surface area contributed by atoms with E-state index in [0.717, 1.165) is 21.5 Å². The molecule has 0 radical (unpaired) electrons. The van der Waals surface area contributed by atoms with Crippen molar-refractivity contribution in [2.45, 2.75) is 19.5 Å². The zero-order chi connectivity index (χ0) is 20.9. The Hall–Kier alpha value is -3.59. The van der Waals surface area contributed by atoms with Crippen molar-refractivity contribution in [2.75, 3.05) is 12.4 Å². The van der Waals surface area contributed by atoms with E-state index >= 15 is 0 Å². The summed E-state index contributed by atoms with van der Waals surface area (Å²) >= 11 is 1.43. The molecule has 0 saturated heterocycles. The number of thiophene rings is 1. The van der Waals surface area contributed by atoms with Crippen molar-refractivity contribution in [2.24, 2.45) is 0 Å². The maximum absolute atomic E-state index is 12.9. The summed E-state index contributed by atoms with van der Waals surface area (Å²) in [5, 5.41) is 8.03. The van der Waals surface area contributed by atoms with Gasteiger partial charge < -0.3 is 15.4 Å². The summed E-state index contributed by atoms with van der Waals surface area (Å²) in [4.78, 5) is 30.5. The van der Waals surface area contributed by atoms with Crippen LogP contribution in [0.25, 0.3) is 10.2 Å². The van der Waals surface area contributed by atoms with E-state index in [2.05, 4.69) is 30.6 Å². The lowest BCUT2D eigenvalue weighted by Gasteiger charge is -2.14. The van der Waals surface area contributed by atoms with E-state index in [4.69, 9.17) is 4.74 Å². The first-order valence-corrected chi connectivity index (χ1v) is 10.2. The predicted octanol–water partition coefficient (Wildman–Crippen LogP) is 3.59. The third-order valence-electron chi connectivity index (χ3n) is 4.48. The highest BCUT2D eigenvalue weighted by Crippen LogP contribution is 2.25. The summed E-state index contributed by atoms with van der Waals surface area (Å²) in [7, 11) is 1.55. The molecule has 0 aliphatic carbocycles. The Bertz CT molecular complexity index is 1160. The van der Waals surface area contributed by atoms with Crippen LogP contribution in [0.5, 0.6) is 5.88 Å². The summed E-state index contributed by atoms with van der Waals surface area (Å²) in [6.45, 7) is 2.25. The first-order chi connectivity index (χ1) is 14.7. The molecule has 1 atom stereocenters. The van der Waals surface area contributed by atoms with Gasteiger partial charge in [0.05, 0.1) is 29.1 Å². The van der Waals surface area contributed by atoms with Gasteiger partial charge in [-0.05, 0) is 36.6 Å². The number of methoxy groups -OCH3 is 1. The van der Waals surface area contributed by atoms with E-state index in [9.17, 15) is 4.79 Å². The quantitative estimate of drug-likeness (QED) is 0.471. The molecule has 0 spiro atoms. The highest BCUT2D eigenvalue weighted by Gasteiger charge is 2.18. The van der Waals surface area contributed by atoms with Crippen LogP contribution < -0.4 is 15.4 Å². The standard InChI is InChI=1S/C21H20N6O2S/c1-13(15-7-3-4-9-22-15)25-21-26-16-8-11-30-18(16)17(27-21)19(28)24-12-14-6-5-10-23-20(14)29-2/h3-11,13H,12H2,1-2H3,(H,24,28)(H,25,26,27). The molecular formula is C21H20N6O2S. The number of nitrogens with zero attached hydrogens (tertiary/aromatic N) is 4. The van der Waals surface area contributed by atoms with Crippen molar-refractivity contribution >= 4 is 33.4 Å². The van der Waals surface area contributed by atoms with E-state index in [1.54, 1.807) is 25.6 Å². The molecule has 9 heteroatoms. The molecule has 4 heterocycles. The smallest absolute Gasteiger partial charge is 0.271 e. The number of pyridine rings is 2. The van der Waals surface area contributed by atoms with Gasteiger partial charge >= 0.3 is 0 Å². The number of nitrogens with one attached hydrogen (secondary N) is 2. The number of anilines is 1. The number of aromatic nitrogens is 4. The van der Waals surface area contributed by atoms with Crippen LogP contribution in [0.4, 0.5) is 5.95 Å². The van der Waals surface area contributed by atoms with Gasteiger partial charge in [0.2, 0.25) is 11.8 Å². The highest BCUT2D eigenvalue weighted by molar-refractivity contribution is 7.17. The fourth-order valence-corrected chi connectivity index (χ4v) is 3.80. The Morgan fingerprint density at radius 1 is 1.13 bits per heavy atom. The van der Waals surface area contributed by atoms with Gasteiger partial charge in [0.1, 0.15) is 0 Å². The maximum Gasteiger partial charge on any atom is 0.271 e. The Morgan fingerprint density at radius 3 is 2.80 bits per heavy atom. The zero-order valence-electron chi connectivity index (χ0n) is 16.5. The van der Waals surface area contributed by atoms with Gasteiger partial charge in [0.25, 0.3) is 5.91 Å². The van der Waals surface area contributed by atoms with Gasteiger partial charge in [-0.2, -0.15) is 0 Å². The topological polar surface area (TPSA) is 102 Å². The average Bonchev–Trinajstić information content (AvgIpc) is 3.26. The number of ether oxygens (including phenoxy) is 1. The first kappa shape index (κ1) is 19.7. The first-order valence-electron chi connectivity index (χ1n) is 9.34. The van der Waals surface area contributed by atoms with Gasteiger partial charge in [0.15, 0.2) is 5.69 Å². The Labute approximate surface area is 177 Å². The number of carbonyl (C=O) groups excluding carboxylic acids is 1. The molecule has 4 aromatic heterocycles. The van der Waals surface area contributed by atoms with Crippen LogP contribution in [-0.2, 0) is 6.54 Å². The van der Waals surface area contributed by atoms with E-state index in [-0.39, 0.29) is 18.5 Å². The van der Waals surface area contributed by atoms with Crippen LogP contribution >= 0.6 is 11.3 Å². The number of amides is 1. The molecule has 8 nitrogen and oxygen atoms in total. The van der Waals surface area contributed by atoms with Gasteiger partial charge in [-0.15, -0.1) is 11.3 Å². The molecule has 1 unspecified atom stereocenters. The van der Waals surface area contributed by atoms with Crippen LogP contribution in [0.2, 0.25) is 0 Å². The number of hydrogen-bond donors (Lipinski definition) is 2. The SMILES string of the molecule is COc1ncccc1CNC(=O)c1nc(NC(C)c2ccccn2)nc2ccsc12. The molecule has 0 aliphatic heterocycles. The van der Waals surface area contributed by atoms with Crippen LogP contribution in [0, 0.1) is 0 Å². The molecule has 0 aromatic carbocycles. The molecule has 152 valence electrons. The normalized spacial score (nSPS) is 11.8. The summed E-state index contributed by atoms with van der Waals surface area (Å²) in [5.74, 6) is 0.570. The van der Waals surface area contributed by atoms with Gasteiger partial charge in [-0.25, -0.2) is 15.0 Å². The number of hydrogen-bond acceptors (Lipinski definition) is 8. The molecule has 2 N–H and O–H groups in total. The molecule has 4 rings (SSSR count). The molecule has 1 amide bonds. The van der Waals surface area contributed by atoms with Crippen molar-refractivity contribution in [3.8, 4) is 5.88 Å². The number of rotatable bonds is 7. The van der Waals surface area contributed by atoms with Gasteiger partial charge in [-0.1, -0.05) is 12.1 Å². The molecule has 0 bridgehead atoms. The van der Waals surface area contributed by atoms with Crippen LogP contribution in [0.15, 0.2) is 54.2 Å². The lowest BCUT2D eigenvalue weighted by Crippen LogP contribution is -2.25. The summed E-state index contributed by atoms with van der Waals surface area (Å²) < 4.78 is 5.98. The van der Waals surface area contributed by atoms with E-state index in [1.165, 1.54) is 11.3 Å². The number of fused-ring (bicyclic) bond motifs is 1. The lowest BCUT2D eigenvalue weighted by molar-refractivity contribution is 0.0947. The lowest BCUT2D eigenvalue weighted by atomic mass is 10.2. The number of carbonyl (C=O) groups is 1.